The van der Waals surface area contributed by atoms with Crippen LogP contribution in [0.15, 0.2) is 24.3 Å². The number of rotatable bonds is 66. The number of allylic oxidation sites excluding steroid dienone is 4. The number of phosphoric ester groups is 2. The van der Waals surface area contributed by atoms with E-state index >= 15 is 0 Å². The number of carbonyl (C=O) groups is 4. The summed E-state index contributed by atoms with van der Waals surface area (Å²) < 4.78 is 68.2. The van der Waals surface area contributed by atoms with Crippen molar-refractivity contribution in [2.24, 2.45) is 11.8 Å². The second-order valence-corrected chi connectivity index (χ2v) is 27.9. The average Bonchev–Trinajstić information content (AvgIpc) is 3.54. The number of ether oxygens (including phenoxy) is 4. The Hall–Kier alpha value is -2.46. The molecule has 0 aromatic carbocycles. The van der Waals surface area contributed by atoms with Crippen LogP contribution in [0.25, 0.3) is 0 Å². The SMILES string of the molecule is CCCCCC/C=C\C=C/CCCCCCCC(=O)O[C@H](COC(=O)CCCCCCCCCCCCCC)COP(=O)(O)OC[C@@H](O)COP(=O)(O)OC[C@@H](COC(=O)CCCCCCCCC(C)CC)OC(=O)CCCCCCCCCCC(C)C. The number of carbonyl (C=O) groups excluding carboxylic acids is 4. The fraction of sp³-hybridized carbons (Fsp3) is 0.884. The van der Waals surface area contributed by atoms with Gasteiger partial charge in [0.15, 0.2) is 12.2 Å². The molecule has 0 spiro atoms. The summed E-state index contributed by atoms with van der Waals surface area (Å²) in [5.74, 6) is -0.713. The number of hydrogen-bond donors (Lipinski definition) is 3. The molecular weight excluding hydrogens is 1160 g/mol. The van der Waals surface area contributed by atoms with Gasteiger partial charge in [0.25, 0.3) is 0 Å². The Morgan fingerprint density at radius 2 is 0.670 bits per heavy atom. The molecule has 0 bridgehead atoms. The molecule has 0 aromatic heterocycles. The van der Waals surface area contributed by atoms with Crippen LogP contribution in [0.2, 0.25) is 0 Å². The predicted octanol–water partition coefficient (Wildman–Crippen LogP) is 19.2. The molecule has 0 aliphatic rings. The molecule has 3 N–H and O–H groups in total. The number of hydrogen-bond acceptors (Lipinski definition) is 15. The van der Waals surface area contributed by atoms with Crippen molar-refractivity contribution in [3.8, 4) is 0 Å². The Morgan fingerprint density at radius 3 is 1.02 bits per heavy atom. The van der Waals surface area contributed by atoms with E-state index in [9.17, 15) is 43.2 Å². The Kier molecular flexibility index (Phi) is 59.1. The Balaban J connectivity index is 5.29. The molecule has 0 fully saturated rings. The largest absolute Gasteiger partial charge is 0.472 e. The number of esters is 4. The standard InChI is InChI=1S/C69H130O17P2/c1-7-10-12-14-16-18-20-22-23-24-26-28-33-41-47-53-68(73)85-64(57-79-66(71)51-45-39-32-27-25-21-19-17-15-13-11-8-2)59-83-87(75,76)81-55-63(70)56-82-88(77,78)84-60-65(58-80-67(72)52-46-40-36-35-38-44-50-62(6)9-3)86-69(74)54-48-42-34-30-29-31-37-43-49-61(4)5/h18,20,22-23,61-65,70H,7-17,19,21,24-60H2,1-6H3,(H,75,76)(H,77,78)/b20-18-,23-22-/t62?,63-,64-,65-/m1/s1. The van der Waals surface area contributed by atoms with Gasteiger partial charge in [0.1, 0.15) is 19.3 Å². The first-order chi connectivity index (χ1) is 42.4. The molecule has 17 nitrogen and oxygen atoms in total. The second-order valence-electron chi connectivity index (χ2n) is 24.9. The van der Waals surface area contributed by atoms with E-state index in [1.807, 2.05) is 0 Å². The summed E-state index contributed by atoms with van der Waals surface area (Å²) in [7, 11) is -9.91. The van der Waals surface area contributed by atoms with Gasteiger partial charge in [-0.25, -0.2) is 9.13 Å². The summed E-state index contributed by atoms with van der Waals surface area (Å²) in [4.78, 5) is 72.4. The number of aliphatic hydroxyl groups excluding tert-OH is 1. The minimum Gasteiger partial charge on any atom is -0.462 e. The summed E-state index contributed by atoms with van der Waals surface area (Å²) in [6.07, 6.45) is 48.0. The fourth-order valence-corrected chi connectivity index (χ4v) is 11.4. The molecule has 0 amide bonds. The van der Waals surface area contributed by atoms with Crippen LogP contribution in [-0.2, 0) is 65.4 Å². The maximum Gasteiger partial charge on any atom is 0.472 e. The molecular formula is C69H130O17P2. The zero-order valence-corrected chi connectivity index (χ0v) is 58.3. The molecule has 0 saturated heterocycles. The predicted molar refractivity (Wildman–Crippen MR) is 354 cm³/mol. The van der Waals surface area contributed by atoms with Crippen molar-refractivity contribution in [1.29, 1.82) is 0 Å². The van der Waals surface area contributed by atoms with E-state index in [2.05, 4.69) is 65.8 Å². The monoisotopic (exact) mass is 1290 g/mol. The topological polar surface area (TPSA) is 237 Å². The van der Waals surface area contributed by atoms with Crippen molar-refractivity contribution in [2.45, 2.75) is 342 Å². The highest BCUT2D eigenvalue weighted by atomic mass is 31.2. The normalized spacial score (nSPS) is 14.7. The highest BCUT2D eigenvalue weighted by molar-refractivity contribution is 7.47. The maximum absolute atomic E-state index is 13.0. The van der Waals surface area contributed by atoms with Gasteiger partial charge < -0.3 is 33.8 Å². The minimum atomic E-state index is -4.96. The molecule has 0 aliphatic carbocycles. The van der Waals surface area contributed by atoms with E-state index in [0.717, 1.165) is 115 Å². The van der Waals surface area contributed by atoms with Crippen molar-refractivity contribution in [3.63, 3.8) is 0 Å². The maximum atomic E-state index is 13.0. The fourth-order valence-electron chi connectivity index (χ4n) is 9.84. The van der Waals surface area contributed by atoms with Crippen molar-refractivity contribution in [3.05, 3.63) is 24.3 Å². The lowest BCUT2D eigenvalue weighted by Crippen LogP contribution is -2.30. The third-order valence-electron chi connectivity index (χ3n) is 15.7. The van der Waals surface area contributed by atoms with Gasteiger partial charge in [-0.05, 0) is 63.2 Å². The average molecular weight is 1290 g/mol. The van der Waals surface area contributed by atoms with Crippen molar-refractivity contribution >= 4 is 39.5 Å². The zero-order valence-electron chi connectivity index (χ0n) is 56.5. The lowest BCUT2D eigenvalue weighted by Gasteiger charge is -2.21. The van der Waals surface area contributed by atoms with Crippen molar-refractivity contribution in [2.75, 3.05) is 39.6 Å². The van der Waals surface area contributed by atoms with Crippen molar-refractivity contribution in [1.82, 2.24) is 0 Å². The summed E-state index contributed by atoms with van der Waals surface area (Å²) in [6, 6.07) is 0. The highest BCUT2D eigenvalue weighted by Gasteiger charge is 2.30. The Morgan fingerprint density at radius 1 is 0.375 bits per heavy atom. The van der Waals surface area contributed by atoms with Gasteiger partial charge in [0.2, 0.25) is 0 Å². The smallest absolute Gasteiger partial charge is 0.462 e. The Labute approximate surface area is 535 Å². The first kappa shape index (κ1) is 85.5. The van der Waals surface area contributed by atoms with Crippen LogP contribution < -0.4 is 0 Å². The van der Waals surface area contributed by atoms with E-state index in [1.165, 1.54) is 122 Å². The molecule has 6 atom stereocenters. The van der Waals surface area contributed by atoms with Crippen LogP contribution in [-0.4, -0.2) is 96.7 Å². The van der Waals surface area contributed by atoms with Crippen LogP contribution >= 0.6 is 15.6 Å². The van der Waals surface area contributed by atoms with Gasteiger partial charge in [-0.3, -0.25) is 37.3 Å². The molecule has 0 radical (unpaired) electrons. The molecule has 0 heterocycles. The second kappa shape index (κ2) is 60.8. The molecule has 0 rings (SSSR count). The lowest BCUT2D eigenvalue weighted by atomic mass is 10.00. The highest BCUT2D eigenvalue weighted by Crippen LogP contribution is 2.45. The van der Waals surface area contributed by atoms with Gasteiger partial charge in [-0.2, -0.15) is 0 Å². The molecule has 3 unspecified atom stereocenters. The van der Waals surface area contributed by atoms with Gasteiger partial charge >= 0.3 is 39.5 Å². The van der Waals surface area contributed by atoms with Gasteiger partial charge in [-0.15, -0.1) is 0 Å². The number of unbranched alkanes of at least 4 members (excludes halogenated alkanes) is 32. The quantitative estimate of drug-likeness (QED) is 0.0169. The third kappa shape index (κ3) is 61.1. The number of phosphoric acid groups is 2. The molecule has 0 aromatic rings. The van der Waals surface area contributed by atoms with Crippen LogP contribution in [0.5, 0.6) is 0 Å². The molecule has 19 heteroatoms. The summed E-state index contributed by atoms with van der Waals surface area (Å²) in [5, 5.41) is 10.6. The van der Waals surface area contributed by atoms with Gasteiger partial charge in [-0.1, -0.05) is 271 Å². The van der Waals surface area contributed by atoms with Gasteiger partial charge in [0, 0.05) is 25.7 Å². The molecule has 518 valence electrons. The summed E-state index contributed by atoms with van der Waals surface area (Å²) in [6.45, 7) is 9.38. The summed E-state index contributed by atoms with van der Waals surface area (Å²) in [5.41, 5.74) is 0. The van der Waals surface area contributed by atoms with Gasteiger partial charge in [0.05, 0.1) is 26.4 Å². The van der Waals surface area contributed by atoms with Crippen LogP contribution in [0.3, 0.4) is 0 Å². The summed E-state index contributed by atoms with van der Waals surface area (Å²) >= 11 is 0. The third-order valence-corrected chi connectivity index (χ3v) is 17.6. The first-order valence-electron chi connectivity index (χ1n) is 35.3. The first-order valence-corrected chi connectivity index (χ1v) is 38.3. The minimum absolute atomic E-state index is 0.0849. The zero-order chi connectivity index (χ0) is 65.0. The van der Waals surface area contributed by atoms with E-state index < -0.39 is 97.5 Å². The van der Waals surface area contributed by atoms with E-state index in [-0.39, 0.29) is 25.7 Å². The molecule has 88 heavy (non-hydrogen) atoms. The van der Waals surface area contributed by atoms with E-state index in [1.54, 1.807) is 0 Å². The van der Waals surface area contributed by atoms with E-state index in [4.69, 9.17) is 37.0 Å². The van der Waals surface area contributed by atoms with Crippen LogP contribution in [0, 0.1) is 11.8 Å². The van der Waals surface area contributed by atoms with Crippen LogP contribution in [0.4, 0.5) is 0 Å². The molecule has 0 aliphatic heterocycles. The molecule has 0 saturated carbocycles. The Bertz CT molecular complexity index is 1810. The van der Waals surface area contributed by atoms with Crippen molar-refractivity contribution < 1.29 is 80.2 Å². The number of aliphatic hydroxyl groups is 1. The van der Waals surface area contributed by atoms with E-state index in [0.29, 0.717) is 31.6 Å². The lowest BCUT2D eigenvalue weighted by molar-refractivity contribution is -0.161. The van der Waals surface area contributed by atoms with Crippen LogP contribution in [0.1, 0.15) is 324 Å².